The van der Waals surface area contributed by atoms with Crippen LogP contribution in [0.3, 0.4) is 0 Å². The Hall–Kier alpha value is -2.11. The summed E-state index contributed by atoms with van der Waals surface area (Å²) in [5.41, 5.74) is 0.671. The molecule has 1 aromatic rings. The Kier molecular flexibility index (Phi) is 4.26. The molecule has 0 bridgehead atoms. The second-order valence-corrected chi connectivity index (χ2v) is 3.11. The number of ether oxygens (including phenoxy) is 1. The van der Waals surface area contributed by atoms with E-state index in [1.54, 1.807) is 30.3 Å². The van der Waals surface area contributed by atoms with E-state index in [0.717, 1.165) is 0 Å². The van der Waals surface area contributed by atoms with Gasteiger partial charge in [-0.2, -0.15) is 0 Å². The van der Waals surface area contributed by atoms with E-state index in [-0.39, 0.29) is 6.54 Å². The van der Waals surface area contributed by atoms with E-state index < -0.39 is 17.1 Å². The first-order valence-electron chi connectivity index (χ1n) is 4.64. The Labute approximate surface area is 92.4 Å². The molecule has 16 heavy (non-hydrogen) atoms. The van der Waals surface area contributed by atoms with Crippen molar-refractivity contribution in [1.82, 2.24) is 5.32 Å². The summed E-state index contributed by atoms with van der Waals surface area (Å²) in [4.78, 5) is 21.0. The Morgan fingerprint density at radius 2 is 2.12 bits per heavy atom. The van der Waals surface area contributed by atoms with Crippen LogP contribution < -0.4 is 5.32 Å². The molecule has 1 rings (SSSR count). The second kappa shape index (κ2) is 5.69. The van der Waals surface area contributed by atoms with Crippen molar-refractivity contribution in [1.29, 1.82) is 0 Å². The molecule has 0 fully saturated rings. The summed E-state index contributed by atoms with van der Waals surface area (Å²) in [7, 11) is 1.21. The molecular weight excluding hydrogens is 212 g/mol. The maximum atomic E-state index is 11.0. The maximum Gasteiger partial charge on any atom is 0.407 e. The minimum Gasteiger partial charge on any atom is -0.453 e. The van der Waals surface area contributed by atoms with E-state index in [0.29, 0.717) is 5.56 Å². The van der Waals surface area contributed by atoms with Crippen molar-refractivity contribution >= 4 is 6.09 Å². The number of nitrogens with zero attached hydrogens (tertiary/aromatic N) is 1. The number of nitro groups is 1. The number of nitrogens with one attached hydrogen (secondary N) is 1. The smallest absolute Gasteiger partial charge is 0.407 e. The lowest BCUT2D eigenvalue weighted by atomic mass is 10.1. The largest absolute Gasteiger partial charge is 0.453 e. The summed E-state index contributed by atoms with van der Waals surface area (Å²) in [6, 6.07) is 8.05. The van der Waals surface area contributed by atoms with Crippen LogP contribution in [-0.4, -0.2) is 24.7 Å². The highest BCUT2D eigenvalue weighted by Gasteiger charge is 2.19. The molecule has 1 N–H and O–H groups in total. The molecular formula is C10H12N2O4. The Balaban J connectivity index is 2.79. The average Bonchev–Trinajstić information content (AvgIpc) is 2.28. The fraction of sp³-hybridized carbons (Fsp3) is 0.300. The summed E-state index contributed by atoms with van der Waals surface area (Å²) in [5, 5.41) is 12.9. The number of hydrogen-bond donors (Lipinski definition) is 1. The van der Waals surface area contributed by atoms with Crippen LogP contribution >= 0.6 is 0 Å². The van der Waals surface area contributed by atoms with Gasteiger partial charge in [-0.15, -0.1) is 0 Å². The highest BCUT2D eigenvalue weighted by molar-refractivity contribution is 5.67. The minimum absolute atomic E-state index is 0.376. The zero-order valence-electron chi connectivity index (χ0n) is 8.75. The van der Waals surface area contributed by atoms with Crippen molar-refractivity contribution in [3.8, 4) is 0 Å². The van der Waals surface area contributed by atoms with E-state index in [9.17, 15) is 14.9 Å². The molecule has 0 aromatic heterocycles. The summed E-state index contributed by atoms with van der Waals surface area (Å²) in [6.07, 6.45) is -0.685. The molecule has 86 valence electrons. The molecule has 6 heteroatoms. The van der Waals surface area contributed by atoms with Gasteiger partial charge in [-0.1, -0.05) is 30.3 Å². The zero-order chi connectivity index (χ0) is 12.0. The van der Waals surface area contributed by atoms with Gasteiger partial charge in [-0.05, 0) is 5.56 Å². The molecule has 1 amide bonds. The molecule has 0 heterocycles. The molecule has 0 radical (unpaired) electrons. The van der Waals surface area contributed by atoms with Crippen molar-refractivity contribution in [3.63, 3.8) is 0 Å². The number of alkyl carbamates (subject to hydrolysis) is 1. The van der Waals surface area contributed by atoms with Gasteiger partial charge in [0.2, 0.25) is 6.54 Å². The Morgan fingerprint density at radius 3 is 2.62 bits per heavy atom. The first-order valence-corrected chi connectivity index (χ1v) is 4.64. The van der Waals surface area contributed by atoms with Gasteiger partial charge < -0.3 is 10.1 Å². The monoisotopic (exact) mass is 224 g/mol. The Bertz CT molecular complexity index is 366. The van der Waals surface area contributed by atoms with E-state index in [1.807, 2.05) is 0 Å². The summed E-state index contributed by atoms with van der Waals surface area (Å²) >= 11 is 0. The van der Waals surface area contributed by atoms with Gasteiger partial charge in [0.1, 0.15) is 6.04 Å². The van der Waals surface area contributed by atoms with Gasteiger partial charge in [0.05, 0.1) is 7.11 Å². The number of rotatable bonds is 4. The molecule has 1 atom stereocenters. The minimum atomic E-state index is -0.685. The molecule has 6 nitrogen and oxygen atoms in total. The third kappa shape index (κ3) is 3.56. The van der Waals surface area contributed by atoms with Gasteiger partial charge in [-0.25, -0.2) is 4.79 Å². The zero-order valence-corrected chi connectivity index (χ0v) is 8.75. The number of hydrogen-bond acceptors (Lipinski definition) is 4. The first kappa shape index (κ1) is 12.0. The topological polar surface area (TPSA) is 81.5 Å². The van der Waals surface area contributed by atoms with Gasteiger partial charge in [-0.3, -0.25) is 10.1 Å². The van der Waals surface area contributed by atoms with Gasteiger partial charge in [0.25, 0.3) is 0 Å². The highest BCUT2D eigenvalue weighted by Crippen LogP contribution is 2.12. The van der Waals surface area contributed by atoms with Crippen molar-refractivity contribution < 1.29 is 14.5 Å². The fourth-order valence-electron chi connectivity index (χ4n) is 1.27. The normalized spacial score (nSPS) is 11.6. The SMILES string of the molecule is COC(=O)N[C@@H](C[N+](=O)[O-])c1ccccc1. The molecule has 0 aliphatic rings. The predicted molar refractivity (Wildman–Crippen MR) is 56.6 cm³/mol. The molecule has 0 saturated carbocycles. The number of amides is 1. The van der Waals surface area contributed by atoms with Gasteiger partial charge in [0, 0.05) is 4.92 Å². The Morgan fingerprint density at radius 1 is 1.50 bits per heavy atom. The van der Waals surface area contributed by atoms with Crippen molar-refractivity contribution in [3.05, 3.63) is 46.0 Å². The molecule has 0 unspecified atom stereocenters. The van der Waals surface area contributed by atoms with Crippen LogP contribution in [0.4, 0.5) is 4.79 Å². The van der Waals surface area contributed by atoms with Crippen LogP contribution in [0.2, 0.25) is 0 Å². The summed E-state index contributed by atoms with van der Waals surface area (Å²) < 4.78 is 4.41. The maximum absolute atomic E-state index is 11.0. The number of carbonyl (C=O) groups is 1. The van der Waals surface area contributed by atoms with Crippen LogP contribution in [0.1, 0.15) is 11.6 Å². The van der Waals surface area contributed by atoms with E-state index >= 15 is 0 Å². The number of methoxy groups -OCH3 is 1. The lowest BCUT2D eigenvalue weighted by Crippen LogP contribution is -2.32. The summed E-state index contributed by atoms with van der Waals surface area (Å²) in [6.45, 7) is -0.376. The van der Waals surface area contributed by atoms with Crippen molar-refractivity contribution in [2.45, 2.75) is 6.04 Å². The van der Waals surface area contributed by atoms with Gasteiger partial charge in [0.15, 0.2) is 0 Å². The van der Waals surface area contributed by atoms with Crippen LogP contribution in [-0.2, 0) is 4.74 Å². The highest BCUT2D eigenvalue weighted by atomic mass is 16.6. The average molecular weight is 224 g/mol. The van der Waals surface area contributed by atoms with E-state index in [4.69, 9.17) is 0 Å². The molecule has 0 spiro atoms. The van der Waals surface area contributed by atoms with Crippen molar-refractivity contribution in [2.75, 3.05) is 13.7 Å². The van der Waals surface area contributed by atoms with Crippen LogP contribution in [0.5, 0.6) is 0 Å². The van der Waals surface area contributed by atoms with Crippen LogP contribution in [0.25, 0.3) is 0 Å². The van der Waals surface area contributed by atoms with Crippen molar-refractivity contribution in [2.24, 2.45) is 0 Å². The third-order valence-corrected chi connectivity index (χ3v) is 2.01. The lowest BCUT2D eigenvalue weighted by Gasteiger charge is -2.14. The molecule has 0 aliphatic carbocycles. The molecule has 1 aromatic carbocycles. The molecule has 0 saturated heterocycles. The predicted octanol–water partition coefficient (Wildman–Crippen LogP) is 1.36. The second-order valence-electron chi connectivity index (χ2n) is 3.11. The molecule has 0 aliphatic heterocycles. The summed E-state index contributed by atoms with van der Waals surface area (Å²) in [5.74, 6) is 0. The van der Waals surface area contributed by atoms with Crippen LogP contribution in [0.15, 0.2) is 30.3 Å². The standard InChI is InChI=1S/C10H12N2O4/c1-16-10(13)11-9(7-12(14)15)8-5-3-2-4-6-8/h2-6,9H,7H2,1H3,(H,11,13)/t9-/m0/s1. The van der Waals surface area contributed by atoms with Gasteiger partial charge >= 0.3 is 6.09 Å². The van der Waals surface area contributed by atoms with Crippen LogP contribution in [0, 0.1) is 10.1 Å². The first-order chi connectivity index (χ1) is 7.63. The van der Waals surface area contributed by atoms with E-state index in [1.165, 1.54) is 7.11 Å². The number of benzene rings is 1. The lowest BCUT2D eigenvalue weighted by molar-refractivity contribution is -0.484. The third-order valence-electron chi connectivity index (χ3n) is 2.01. The number of carbonyl (C=O) groups excluding carboxylic acids is 1. The van der Waals surface area contributed by atoms with E-state index in [2.05, 4.69) is 10.1 Å². The fourth-order valence-corrected chi connectivity index (χ4v) is 1.27. The quantitative estimate of drug-likeness (QED) is 0.618.